The number of para-hydroxylation sites is 2. The van der Waals surface area contributed by atoms with E-state index in [1.807, 2.05) is 12.1 Å². The summed E-state index contributed by atoms with van der Waals surface area (Å²) >= 11 is 0. The average Bonchev–Trinajstić information content (AvgIpc) is 3.82. The Morgan fingerprint density at radius 2 is 0.982 bits per heavy atom. The second kappa shape index (κ2) is 12.5. The number of fused-ring (bicyclic) bond motifs is 11. The van der Waals surface area contributed by atoms with Crippen molar-refractivity contribution in [2.75, 3.05) is 4.90 Å². The SMILES string of the molecule is c1ccc(-n2c3cc(-c4ccc(N(c5ccc6oc7ccccc7c6c5)c5cc6ccccc6c6ccccc56)cc4)ccc3c3ccc4ccccc4c32)cc1. The fraction of sp³-hybridized carbons (Fsp3) is 0. The minimum Gasteiger partial charge on any atom is -0.456 e. The van der Waals surface area contributed by atoms with E-state index in [1.54, 1.807) is 0 Å². The van der Waals surface area contributed by atoms with Crippen LogP contribution in [0.3, 0.4) is 0 Å². The van der Waals surface area contributed by atoms with E-state index in [-0.39, 0.29) is 0 Å². The lowest BCUT2D eigenvalue weighted by Gasteiger charge is -2.28. The zero-order valence-electron chi connectivity index (χ0n) is 30.9. The van der Waals surface area contributed by atoms with E-state index in [1.165, 1.54) is 59.7 Å². The molecule has 57 heavy (non-hydrogen) atoms. The van der Waals surface area contributed by atoms with E-state index >= 15 is 0 Å². The van der Waals surface area contributed by atoms with E-state index < -0.39 is 0 Å². The second-order valence-corrected chi connectivity index (χ2v) is 14.9. The molecule has 0 bridgehead atoms. The Kier molecular flexibility index (Phi) is 6.93. The summed E-state index contributed by atoms with van der Waals surface area (Å²) in [4.78, 5) is 2.40. The highest BCUT2D eigenvalue weighted by Crippen LogP contribution is 2.45. The van der Waals surface area contributed by atoms with Gasteiger partial charge in [-0.2, -0.15) is 0 Å². The van der Waals surface area contributed by atoms with E-state index in [0.717, 1.165) is 50.3 Å². The van der Waals surface area contributed by atoms with Crippen LogP contribution in [0.15, 0.2) is 211 Å². The smallest absolute Gasteiger partial charge is 0.135 e. The Morgan fingerprint density at radius 1 is 0.351 bits per heavy atom. The zero-order chi connectivity index (χ0) is 37.5. The molecule has 0 unspecified atom stereocenters. The molecule has 3 nitrogen and oxygen atoms in total. The van der Waals surface area contributed by atoms with Crippen molar-refractivity contribution in [3.63, 3.8) is 0 Å². The molecule has 12 aromatic rings. The average molecular weight is 727 g/mol. The summed E-state index contributed by atoms with van der Waals surface area (Å²) in [5.41, 5.74) is 11.0. The summed E-state index contributed by atoms with van der Waals surface area (Å²) < 4.78 is 8.72. The van der Waals surface area contributed by atoms with E-state index in [4.69, 9.17) is 4.42 Å². The van der Waals surface area contributed by atoms with Crippen LogP contribution in [0, 0.1) is 0 Å². The van der Waals surface area contributed by atoms with Crippen molar-refractivity contribution in [1.82, 2.24) is 4.57 Å². The predicted octanol–water partition coefficient (Wildman–Crippen LogP) is 15.3. The fourth-order valence-electron chi connectivity index (χ4n) is 9.11. The monoisotopic (exact) mass is 726 g/mol. The summed E-state index contributed by atoms with van der Waals surface area (Å²) in [5.74, 6) is 0. The van der Waals surface area contributed by atoms with Crippen molar-refractivity contribution in [2.45, 2.75) is 0 Å². The highest BCUT2D eigenvalue weighted by molar-refractivity contribution is 6.19. The first-order valence-electron chi connectivity index (χ1n) is 19.5. The first-order chi connectivity index (χ1) is 28.3. The number of benzene rings is 10. The molecule has 266 valence electrons. The second-order valence-electron chi connectivity index (χ2n) is 14.9. The van der Waals surface area contributed by atoms with Crippen molar-refractivity contribution in [3.05, 3.63) is 206 Å². The van der Waals surface area contributed by atoms with Gasteiger partial charge in [0.05, 0.1) is 16.7 Å². The largest absolute Gasteiger partial charge is 0.456 e. The van der Waals surface area contributed by atoms with Crippen LogP contribution in [0.2, 0.25) is 0 Å². The Morgan fingerprint density at radius 3 is 1.82 bits per heavy atom. The van der Waals surface area contributed by atoms with Crippen molar-refractivity contribution in [1.29, 1.82) is 0 Å². The molecule has 12 rings (SSSR count). The van der Waals surface area contributed by atoms with E-state index in [2.05, 4.69) is 204 Å². The molecular weight excluding hydrogens is 693 g/mol. The van der Waals surface area contributed by atoms with Gasteiger partial charge in [0.1, 0.15) is 11.2 Å². The minimum absolute atomic E-state index is 0.884. The number of rotatable bonds is 5. The van der Waals surface area contributed by atoms with Crippen LogP contribution >= 0.6 is 0 Å². The molecule has 0 spiro atoms. The van der Waals surface area contributed by atoms with Gasteiger partial charge in [-0.05, 0) is 93.3 Å². The van der Waals surface area contributed by atoms with Crippen LogP contribution in [-0.2, 0) is 0 Å². The normalized spacial score (nSPS) is 11.9. The minimum atomic E-state index is 0.884. The topological polar surface area (TPSA) is 21.3 Å². The molecule has 0 amide bonds. The summed E-state index contributed by atoms with van der Waals surface area (Å²) in [7, 11) is 0. The van der Waals surface area contributed by atoms with Crippen LogP contribution in [0.5, 0.6) is 0 Å². The highest BCUT2D eigenvalue weighted by Gasteiger charge is 2.20. The van der Waals surface area contributed by atoms with Crippen LogP contribution < -0.4 is 4.90 Å². The van der Waals surface area contributed by atoms with Gasteiger partial charge in [0.2, 0.25) is 0 Å². The van der Waals surface area contributed by atoms with Gasteiger partial charge in [-0.15, -0.1) is 0 Å². The summed E-state index contributed by atoms with van der Waals surface area (Å²) in [6, 6.07) is 74.6. The number of hydrogen-bond donors (Lipinski definition) is 0. The van der Waals surface area contributed by atoms with Gasteiger partial charge in [0.25, 0.3) is 0 Å². The predicted molar refractivity (Wildman–Crippen MR) is 241 cm³/mol. The molecule has 0 aliphatic carbocycles. The molecule has 2 heterocycles. The lowest BCUT2D eigenvalue weighted by Crippen LogP contribution is -2.10. The fourth-order valence-corrected chi connectivity index (χ4v) is 9.11. The maximum absolute atomic E-state index is 6.28. The van der Waals surface area contributed by atoms with Gasteiger partial charge >= 0.3 is 0 Å². The molecule has 0 saturated carbocycles. The third kappa shape index (κ3) is 4.92. The van der Waals surface area contributed by atoms with Crippen LogP contribution in [0.1, 0.15) is 0 Å². The first kappa shape index (κ1) is 31.7. The summed E-state index contributed by atoms with van der Waals surface area (Å²) in [6.45, 7) is 0. The molecule has 0 saturated heterocycles. The zero-order valence-corrected chi connectivity index (χ0v) is 30.9. The molecule has 10 aromatic carbocycles. The van der Waals surface area contributed by atoms with Crippen LogP contribution in [0.4, 0.5) is 17.1 Å². The van der Waals surface area contributed by atoms with Crippen molar-refractivity contribution in [2.24, 2.45) is 0 Å². The third-order valence-corrected chi connectivity index (χ3v) is 11.7. The van der Waals surface area contributed by atoms with Gasteiger partial charge in [0, 0.05) is 49.4 Å². The molecule has 0 atom stereocenters. The van der Waals surface area contributed by atoms with Crippen molar-refractivity contribution < 1.29 is 4.42 Å². The molecule has 0 radical (unpaired) electrons. The molecule has 0 aliphatic rings. The van der Waals surface area contributed by atoms with Gasteiger partial charge in [-0.3, -0.25) is 0 Å². The van der Waals surface area contributed by atoms with E-state index in [9.17, 15) is 0 Å². The van der Waals surface area contributed by atoms with Crippen LogP contribution in [-0.4, -0.2) is 4.57 Å². The lowest BCUT2D eigenvalue weighted by atomic mass is 9.98. The van der Waals surface area contributed by atoms with Crippen LogP contribution in [0.25, 0.3) is 92.9 Å². The Labute approximate surface area is 328 Å². The maximum Gasteiger partial charge on any atom is 0.135 e. The number of furan rings is 1. The Balaban J connectivity index is 1.05. The highest BCUT2D eigenvalue weighted by atomic mass is 16.3. The Bertz CT molecular complexity index is 3520. The molecule has 0 N–H and O–H groups in total. The van der Waals surface area contributed by atoms with Gasteiger partial charge < -0.3 is 13.9 Å². The van der Waals surface area contributed by atoms with E-state index in [0.29, 0.717) is 0 Å². The number of nitrogens with zero attached hydrogens (tertiary/aromatic N) is 2. The van der Waals surface area contributed by atoms with Crippen molar-refractivity contribution in [3.8, 4) is 16.8 Å². The molecular formula is C54H34N2O. The number of anilines is 3. The number of aromatic nitrogens is 1. The molecule has 0 aliphatic heterocycles. The molecule has 2 aromatic heterocycles. The number of hydrogen-bond acceptors (Lipinski definition) is 2. The van der Waals surface area contributed by atoms with Gasteiger partial charge in [-0.25, -0.2) is 0 Å². The van der Waals surface area contributed by atoms with Crippen molar-refractivity contribution >= 4 is 93.1 Å². The third-order valence-electron chi connectivity index (χ3n) is 11.7. The lowest BCUT2D eigenvalue weighted by molar-refractivity contribution is 0.669. The maximum atomic E-state index is 6.28. The molecule has 0 fully saturated rings. The quantitative estimate of drug-likeness (QED) is 0.165. The first-order valence-corrected chi connectivity index (χ1v) is 19.5. The van der Waals surface area contributed by atoms with Gasteiger partial charge in [0.15, 0.2) is 0 Å². The van der Waals surface area contributed by atoms with Gasteiger partial charge in [-0.1, -0.05) is 146 Å². The standard InChI is InChI=1S/C54H34N2O/c1-2-14-39(15-3-1)56-51-32-37(25-29-46(51)48-30-24-36-12-4-7-17-43(36)54(48)56)35-22-26-40(27-23-35)55(41-28-31-53-49(34-41)47-20-10-11-21-52(47)57-53)50-33-38-13-5-6-16-42(38)44-18-8-9-19-45(44)50/h1-34H. The molecule has 3 heteroatoms. The summed E-state index contributed by atoms with van der Waals surface area (Å²) in [6.07, 6.45) is 0. The summed E-state index contributed by atoms with van der Waals surface area (Å²) in [5, 5.41) is 12.1. The Hall–Kier alpha value is -7.62.